The number of amides is 2. The van der Waals surface area contributed by atoms with Crippen LogP contribution in [0.25, 0.3) is 0 Å². The molecule has 0 spiro atoms. The Balaban J connectivity index is 2.74. The highest BCUT2D eigenvalue weighted by atomic mass is 32.2. The van der Waals surface area contributed by atoms with E-state index in [2.05, 4.69) is 5.32 Å². The maximum atomic E-state index is 12.4. The van der Waals surface area contributed by atoms with Gasteiger partial charge in [0.2, 0.25) is 0 Å². The van der Waals surface area contributed by atoms with Crippen LogP contribution in [0.1, 0.15) is 25.3 Å². The van der Waals surface area contributed by atoms with E-state index in [1.807, 2.05) is 30.3 Å². The molecule has 2 N–H and O–H groups in total. The van der Waals surface area contributed by atoms with Gasteiger partial charge in [0.15, 0.2) is 0 Å². The van der Waals surface area contributed by atoms with E-state index in [4.69, 9.17) is 5.11 Å². The average molecular weight is 370 g/mol. The lowest BCUT2D eigenvalue weighted by atomic mass is 10.0. The summed E-state index contributed by atoms with van der Waals surface area (Å²) in [5, 5.41) is 11.7. The first-order valence-electron chi connectivity index (χ1n) is 8.05. The van der Waals surface area contributed by atoms with E-state index >= 15 is 0 Å². The molecule has 0 aliphatic carbocycles. The van der Waals surface area contributed by atoms with Gasteiger partial charge >= 0.3 is 12.0 Å². The monoisotopic (exact) mass is 370 g/mol. The summed E-state index contributed by atoms with van der Waals surface area (Å²) in [7, 11) is -1.67. The summed E-state index contributed by atoms with van der Waals surface area (Å²) in [6.45, 7) is 1.66. The first-order chi connectivity index (χ1) is 11.6. The summed E-state index contributed by atoms with van der Waals surface area (Å²) in [4.78, 5) is 24.6. The molecule has 2 unspecified atom stereocenters. The molecule has 1 aromatic carbocycles. The Hall–Kier alpha value is -2.09. The summed E-state index contributed by atoms with van der Waals surface area (Å²) in [5.41, 5.74) is 0.991. The van der Waals surface area contributed by atoms with Crippen molar-refractivity contribution in [1.82, 2.24) is 10.2 Å². The molecule has 0 bridgehead atoms. The van der Waals surface area contributed by atoms with Crippen LogP contribution in [-0.4, -0.2) is 61.6 Å². The summed E-state index contributed by atoms with van der Waals surface area (Å²) >= 11 is 0. The SMILES string of the molecule is CC(CS(C)(=O)=O)N(C)C(=O)NC(CCC(=O)O)Cc1ccccc1. The molecule has 0 aromatic heterocycles. The van der Waals surface area contributed by atoms with Crippen LogP contribution in [0.3, 0.4) is 0 Å². The molecule has 0 radical (unpaired) electrons. The summed E-state index contributed by atoms with van der Waals surface area (Å²) in [5.74, 6) is -1.05. The number of carboxylic acids is 1. The second-order valence-corrected chi connectivity index (χ2v) is 8.51. The summed E-state index contributed by atoms with van der Waals surface area (Å²) in [6, 6.07) is 8.23. The predicted octanol–water partition coefficient (Wildman–Crippen LogP) is 1.54. The maximum absolute atomic E-state index is 12.4. The molecule has 1 aromatic rings. The third kappa shape index (κ3) is 8.53. The van der Waals surface area contributed by atoms with Crippen LogP contribution >= 0.6 is 0 Å². The number of aliphatic carboxylic acids is 1. The number of hydrogen-bond donors (Lipinski definition) is 2. The molecule has 2 amide bonds. The first kappa shape index (κ1) is 21.0. The third-order valence-electron chi connectivity index (χ3n) is 3.88. The topological polar surface area (TPSA) is 104 Å². The van der Waals surface area contributed by atoms with Crippen molar-refractivity contribution in [1.29, 1.82) is 0 Å². The Morgan fingerprint density at radius 1 is 1.24 bits per heavy atom. The second kappa shape index (κ2) is 9.41. The van der Waals surface area contributed by atoms with E-state index in [1.54, 1.807) is 6.92 Å². The molecule has 0 fully saturated rings. The molecule has 25 heavy (non-hydrogen) atoms. The standard InChI is InChI=1S/C17H26N2O5S/c1-13(12-25(3,23)24)19(2)17(22)18-15(9-10-16(20)21)11-14-7-5-4-6-8-14/h4-8,13,15H,9-12H2,1-3H3,(H,18,22)(H,20,21). The highest BCUT2D eigenvalue weighted by molar-refractivity contribution is 7.90. The van der Waals surface area contributed by atoms with Crippen LogP contribution in [-0.2, 0) is 21.1 Å². The Labute approximate surface area is 148 Å². The smallest absolute Gasteiger partial charge is 0.317 e. The molecule has 0 heterocycles. The fourth-order valence-corrected chi connectivity index (χ4v) is 3.55. The van der Waals surface area contributed by atoms with Crippen molar-refractivity contribution < 1.29 is 23.1 Å². The fourth-order valence-electron chi connectivity index (χ4n) is 2.45. The number of sulfone groups is 1. The van der Waals surface area contributed by atoms with E-state index in [0.29, 0.717) is 12.8 Å². The van der Waals surface area contributed by atoms with Crippen molar-refractivity contribution >= 4 is 21.8 Å². The van der Waals surface area contributed by atoms with E-state index in [1.165, 1.54) is 11.9 Å². The number of rotatable bonds is 9. The minimum atomic E-state index is -3.20. The molecule has 1 rings (SSSR count). The zero-order chi connectivity index (χ0) is 19.0. The lowest BCUT2D eigenvalue weighted by Crippen LogP contribution is -2.48. The first-order valence-corrected chi connectivity index (χ1v) is 10.1. The van der Waals surface area contributed by atoms with Gasteiger partial charge in [-0.3, -0.25) is 4.79 Å². The van der Waals surface area contributed by atoms with Crippen LogP contribution in [0, 0.1) is 0 Å². The van der Waals surface area contributed by atoms with E-state index in [0.717, 1.165) is 11.8 Å². The second-order valence-electron chi connectivity index (χ2n) is 6.32. The minimum Gasteiger partial charge on any atom is -0.481 e. The van der Waals surface area contributed by atoms with Crippen molar-refractivity contribution in [3.8, 4) is 0 Å². The van der Waals surface area contributed by atoms with Gasteiger partial charge in [0, 0.05) is 31.8 Å². The number of hydrogen-bond acceptors (Lipinski definition) is 4. The van der Waals surface area contributed by atoms with E-state index in [9.17, 15) is 18.0 Å². The lowest BCUT2D eigenvalue weighted by molar-refractivity contribution is -0.137. The van der Waals surface area contributed by atoms with Gasteiger partial charge in [-0.2, -0.15) is 0 Å². The van der Waals surface area contributed by atoms with Crippen LogP contribution < -0.4 is 5.32 Å². The van der Waals surface area contributed by atoms with E-state index in [-0.39, 0.29) is 18.2 Å². The molecular weight excluding hydrogens is 344 g/mol. The number of urea groups is 1. The molecule has 0 aliphatic rings. The van der Waals surface area contributed by atoms with Crippen molar-refractivity contribution in [3.63, 3.8) is 0 Å². The Kier molecular flexibility index (Phi) is 7.89. The zero-order valence-corrected chi connectivity index (χ0v) is 15.6. The maximum Gasteiger partial charge on any atom is 0.317 e. The van der Waals surface area contributed by atoms with Crippen LogP contribution in [0.15, 0.2) is 30.3 Å². The largest absolute Gasteiger partial charge is 0.481 e. The Bertz CT molecular complexity index is 676. The fraction of sp³-hybridized carbons (Fsp3) is 0.529. The molecule has 2 atom stereocenters. The Morgan fingerprint density at radius 2 is 1.84 bits per heavy atom. The van der Waals surface area contributed by atoms with Gasteiger partial charge in [0.05, 0.1) is 5.75 Å². The van der Waals surface area contributed by atoms with Gasteiger partial charge in [-0.1, -0.05) is 30.3 Å². The highest BCUT2D eigenvalue weighted by Gasteiger charge is 2.22. The summed E-state index contributed by atoms with van der Waals surface area (Å²) < 4.78 is 22.8. The van der Waals surface area contributed by atoms with Crippen molar-refractivity contribution in [2.75, 3.05) is 19.1 Å². The molecule has 0 saturated carbocycles. The number of carbonyl (C=O) groups excluding carboxylic acids is 1. The number of benzene rings is 1. The predicted molar refractivity (Wildman–Crippen MR) is 96.3 cm³/mol. The molecule has 140 valence electrons. The van der Waals surface area contributed by atoms with Crippen LogP contribution in [0.2, 0.25) is 0 Å². The van der Waals surface area contributed by atoms with Gasteiger partial charge in [-0.15, -0.1) is 0 Å². The number of carboxylic acid groups (broad SMARTS) is 1. The van der Waals surface area contributed by atoms with Gasteiger partial charge in [0.25, 0.3) is 0 Å². The zero-order valence-electron chi connectivity index (χ0n) is 14.8. The molecule has 8 heteroatoms. The van der Waals surface area contributed by atoms with Gasteiger partial charge in [-0.25, -0.2) is 13.2 Å². The molecule has 7 nitrogen and oxygen atoms in total. The highest BCUT2D eigenvalue weighted by Crippen LogP contribution is 2.09. The molecule has 0 aliphatic heterocycles. The number of carbonyl (C=O) groups is 2. The van der Waals surface area contributed by atoms with Gasteiger partial charge in [0.1, 0.15) is 9.84 Å². The number of nitrogens with zero attached hydrogens (tertiary/aromatic N) is 1. The summed E-state index contributed by atoms with van der Waals surface area (Å²) in [6.07, 6.45) is 1.87. The normalized spacial score (nSPS) is 13.7. The molecular formula is C17H26N2O5S. The van der Waals surface area contributed by atoms with Crippen LogP contribution in [0.5, 0.6) is 0 Å². The van der Waals surface area contributed by atoms with Crippen molar-refractivity contribution in [2.24, 2.45) is 0 Å². The average Bonchev–Trinajstić information content (AvgIpc) is 2.51. The van der Waals surface area contributed by atoms with E-state index < -0.39 is 27.9 Å². The van der Waals surface area contributed by atoms with Gasteiger partial charge < -0.3 is 15.3 Å². The quantitative estimate of drug-likeness (QED) is 0.686. The third-order valence-corrected chi connectivity index (χ3v) is 4.97. The lowest BCUT2D eigenvalue weighted by Gasteiger charge is -2.27. The van der Waals surface area contributed by atoms with Gasteiger partial charge in [-0.05, 0) is 25.3 Å². The van der Waals surface area contributed by atoms with Crippen LogP contribution in [0.4, 0.5) is 4.79 Å². The number of nitrogens with one attached hydrogen (secondary N) is 1. The Morgan fingerprint density at radius 3 is 2.36 bits per heavy atom. The van der Waals surface area contributed by atoms with Crippen molar-refractivity contribution in [3.05, 3.63) is 35.9 Å². The molecule has 0 saturated heterocycles. The minimum absolute atomic E-state index is 0.0552. The van der Waals surface area contributed by atoms with Crippen molar-refractivity contribution in [2.45, 2.75) is 38.3 Å².